The predicted octanol–water partition coefficient (Wildman–Crippen LogP) is 2.04. The zero-order valence-corrected chi connectivity index (χ0v) is 12.5. The van der Waals surface area contributed by atoms with Crippen LogP contribution in [-0.2, 0) is 6.18 Å². The van der Waals surface area contributed by atoms with Crippen molar-refractivity contribution in [3.63, 3.8) is 0 Å². The fourth-order valence-corrected chi connectivity index (χ4v) is 2.77. The Morgan fingerprint density at radius 3 is 2.50 bits per heavy atom. The van der Waals surface area contributed by atoms with E-state index in [2.05, 4.69) is 10.2 Å². The number of piperazine rings is 1. The van der Waals surface area contributed by atoms with Gasteiger partial charge in [0.1, 0.15) is 5.75 Å². The van der Waals surface area contributed by atoms with E-state index in [0.717, 1.165) is 38.3 Å². The number of nitrogens with one attached hydrogen (secondary N) is 1. The molecule has 2 N–H and O–H groups in total. The molecule has 1 aliphatic rings. The summed E-state index contributed by atoms with van der Waals surface area (Å²) in [5, 5.41) is 12.5. The number of aliphatic hydroxyl groups is 1. The van der Waals surface area contributed by atoms with E-state index in [4.69, 9.17) is 4.74 Å². The zero-order valence-electron chi connectivity index (χ0n) is 12.5. The van der Waals surface area contributed by atoms with E-state index in [1.54, 1.807) is 6.07 Å². The van der Waals surface area contributed by atoms with Crippen molar-refractivity contribution in [1.82, 2.24) is 10.2 Å². The topological polar surface area (TPSA) is 44.7 Å². The summed E-state index contributed by atoms with van der Waals surface area (Å²) in [7, 11) is 1.35. The first-order chi connectivity index (χ1) is 10.5. The minimum Gasteiger partial charge on any atom is -0.497 e. The second-order valence-corrected chi connectivity index (χ2v) is 5.31. The van der Waals surface area contributed by atoms with E-state index in [1.807, 2.05) is 0 Å². The molecular formula is C15H21F3N2O2. The second-order valence-electron chi connectivity index (χ2n) is 5.31. The molecule has 1 aromatic carbocycles. The summed E-state index contributed by atoms with van der Waals surface area (Å²) >= 11 is 0. The minimum absolute atomic E-state index is 0.0762. The van der Waals surface area contributed by atoms with Crippen LogP contribution in [0, 0.1) is 0 Å². The molecule has 0 amide bonds. The molecule has 1 fully saturated rings. The second kappa shape index (κ2) is 7.30. The lowest BCUT2D eigenvalue weighted by Gasteiger charge is -2.35. The molecule has 0 bridgehead atoms. The van der Waals surface area contributed by atoms with Gasteiger partial charge in [0.15, 0.2) is 0 Å². The molecule has 7 heteroatoms. The van der Waals surface area contributed by atoms with Crippen molar-refractivity contribution in [2.45, 2.75) is 18.6 Å². The van der Waals surface area contributed by atoms with E-state index >= 15 is 0 Å². The lowest BCUT2D eigenvalue weighted by Crippen LogP contribution is -2.45. The average molecular weight is 318 g/mol. The molecule has 1 heterocycles. The number of hydrogen-bond acceptors (Lipinski definition) is 4. The number of rotatable bonds is 5. The van der Waals surface area contributed by atoms with Crippen LogP contribution in [0.2, 0.25) is 0 Å². The van der Waals surface area contributed by atoms with Crippen LogP contribution in [0.15, 0.2) is 18.2 Å². The maximum atomic E-state index is 13.0. The molecule has 1 aromatic rings. The van der Waals surface area contributed by atoms with Crippen LogP contribution in [0.25, 0.3) is 0 Å². The summed E-state index contributed by atoms with van der Waals surface area (Å²) in [5.74, 6) is 0.183. The van der Waals surface area contributed by atoms with E-state index in [-0.39, 0.29) is 18.4 Å². The average Bonchev–Trinajstić information content (AvgIpc) is 2.52. The molecule has 0 spiro atoms. The SMILES string of the molecule is COc1cc([C@@H](CCO)N2CCNCC2)cc(C(F)(F)F)c1. The molecule has 0 saturated carbocycles. The molecule has 4 nitrogen and oxygen atoms in total. The molecular weight excluding hydrogens is 297 g/mol. The van der Waals surface area contributed by atoms with Crippen molar-refractivity contribution >= 4 is 0 Å². The maximum absolute atomic E-state index is 13.0. The Morgan fingerprint density at radius 1 is 1.27 bits per heavy atom. The van der Waals surface area contributed by atoms with Gasteiger partial charge in [0.25, 0.3) is 0 Å². The highest BCUT2D eigenvalue weighted by atomic mass is 19.4. The summed E-state index contributed by atoms with van der Waals surface area (Å²) in [6, 6.07) is 3.53. The number of methoxy groups -OCH3 is 1. The third-order valence-corrected chi connectivity index (χ3v) is 3.87. The minimum atomic E-state index is -4.42. The first-order valence-electron chi connectivity index (χ1n) is 7.27. The summed E-state index contributed by atoms with van der Waals surface area (Å²) in [6.45, 7) is 2.98. The van der Waals surface area contributed by atoms with Crippen molar-refractivity contribution in [1.29, 1.82) is 0 Å². The van der Waals surface area contributed by atoms with Gasteiger partial charge in [-0.15, -0.1) is 0 Å². The van der Waals surface area contributed by atoms with Gasteiger partial charge in [-0.3, -0.25) is 4.90 Å². The number of aliphatic hydroxyl groups excluding tert-OH is 1. The van der Waals surface area contributed by atoms with Crippen LogP contribution in [0.3, 0.4) is 0 Å². The number of ether oxygens (including phenoxy) is 1. The third kappa shape index (κ3) is 4.12. The van der Waals surface area contributed by atoms with Crippen molar-refractivity contribution in [2.24, 2.45) is 0 Å². The van der Waals surface area contributed by atoms with Crippen molar-refractivity contribution < 1.29 is 23.0 Å². The number of nitrogens with zero attached hydrogens (tertiary/aromatic N) is 1. The zero-order chi connectivity index (χ0) is 16.2. The van der Waals surface area contributed by atoms with Crippen LogP contribution in [0.4, 0.5) is 13.2 Å². The summed E-state index contributed by atoms with van der Waals surface area (Å²) < 4.78 is 44.2. The van der Waals surface area contributed by atoms with Gasteiger partial charge in [0.05, 0.1) is 12.7 Å². The molecule has 0 unspecified atom stereocenters. The van der Waals surface area contributed by atoms with Gasteiger partial charge in [-0.1, -0.05) is 0 Å². The molecule has 124 valence electrons. The fourth-order valence-electron chi connectivity index (χ4n) is 2.77. The Hall–Kier alpha value is -1.31. The van der Waals surface area contributed by atoms with Crippen molar-refractivity contribution in [2.75, 3.05) is 39.9 Å². The summed E-state index contributed by atoms with van der Waals surface area (Å²) in [4.78, 5) is 2.10. The summed E-state index contributed by atoms with van der Waals surface area (Å²) in [6.07, 6.45) is -4.03. The normalized spacial score (nSPS) is 18.2. The molecule has 1 saturated heterocycles. The monoisotopic (exact) mass is 318 g/mol. The highest BCUT2D eigenvalue weighted by Crippen LogP contribution is 2.36. The first kappa shape index (κ1) is 17.1. The predicted molar refractivity (Wildman–Crippen MR) is 76.9 cm³/mol. The number of hydrogen-bond donors (Lipinski definition) is 2. The van der Waals surface area contributed by atoms with Crippen LogP contribution in [-0.4, -0.2) is 49.9 Å². The van der Waals surface area contributed by atoms with Gasteiger partial charge in [0.2, 0.25) is 0 Å². The Balaban J connectivity index is 2.36. The van der Waals surface area contributed by atoms with E-state index in [1.165, 1.54) is 7.11 Å². The molecule has 22 heavy (non-hydrogen) atoms. The Kier molecular flexibility index (Phi) is 5.66. The van der Waals surface area contributed by atoms with Gasteiger partial charge >= 0.3 is 6.18 Å². The first-order valence-corrected chi connectivity index (χ1v) is 7.27. The quantitative estimate of drug-likeness (QED) is 0.872. The van der Waals surface area contributed by atoms with Crippen LogP contribution >= 0.6 is 0 Å². The van der Waals surface area contributed by atoms with Crippen LogP contribution in [0.5, 0.6) is 5.75 Å². The van der Waals surface area contributed by atoms with Crippen molar-refractivity contribution in [3.8, 4) is 5.75 Å². The van der Waals surface area contributed by atoms with Gasteiger partial charge in [-0.2, -0.15) is 13.2 Å². The van der Waals surface area contributed by atoms with Crippen molar-refractivity contribution in [3.05, 3.63) is 29.3 Å². The molecule has 0 radical (unpaired) electrons. The Bertz CT molecular complexity index is 488. The molecule has 2 rings (SSSR count). The van der Waals surface area contributed by atoms with Gasteiger partial charge in [-0.05, 0) is 30.2 Å². The molecule has 0 aliphatic carbocycles. The number of halogens is 3. The van der Waals surface area contributed by atoms with Gasteiger partial charge < -0.3 is 15.2 Å². The maximum Gasteiger partial charge on any atom is 0.416 e. The standard InChI is InChI=1S/C15H21F3N2O2/c1-22-13-9-11(8-12(10-13)15(16,17)18)14(2-7-21)20-5-3-19-4-6-20/h8-10,14,19,21H,2-7H2,1H3/t14-/m1/s1. The highest BCUT2D eigenvalue weighted by molar-refractivity contribution is 5.37. The summed E-state index contributed by atoms with van der Waals surface area (Å²) in [5.41, 5.74) is -0.192. The van der Waals surface area contributed by atoms with Crippen LogP contribution in [0.1, 0.15) is 23.6 Å². The number of benzene rings is 1. The van der Waals surface area contributed by atoms with Crippen LogP contribution < -0.4 is 10.1 Å². The molecule has 1 atom stereocenters. The number of alkyl halides is 3. The van der Waals surface area contributed by atoms with E-state index < -0.39 is 11.7 Å². The largest absolute Gasteiger partial charge is 0.497 e. The fraction of sp³-hybridized carbons (Fsp3) is 0.600. The lowest BCUT2D eigenvalue weighted by molar-refractivity contribution is -0.137. The van der Waals surface area contributed by atoms with E-state index in [9.17, 15) is 18.3 Å². The highest BCUT2D eigenvalue weighted by Gasteiger charge is 2.33. The van der Waals surface area contributed by atoms with Gasteiger partial charge in [-0.25, -0.2) is 0 Å². The lowest BCUT2D eigenvalue weighted by atomic mass is 9.98. The van der Waals surface area contributed by atoms with E-state index in [0.29, 0.717) is 12.0 Å². The smallest absolute Gasteiger partial charge is 0.416 e. The molecule has 0 aromatic heterocycles. The van der Waals surface area contributed by atoms with Gasteiger partial charge in [0, 0.05) is 38.8 Å². The Morgan fingerprint density at radius 2 is 1.95 bits per heavy atom. The molecule has 1 aliphatic heterocycles. The third-order valence-electron chi connectivity index (χ3n) is 3.87. The Labute approximate surface area is 127 Å².